The topological polar surface area (TPSA) is 32.7 Å². The van der Waals surface area contributed by atoms with E-state index in [1.807, 2.05) is 6.92 Å². The molecule has 0 aromatic carbocycles. The lowest BCUT2D eigenvalue weighted by Crippen LogP contribution is -2.38. The highest BCUT2D eigenvalue weighted by molar-refractivity contribution is 4.71. The predicted octanol–water partition coefficient (Wildman–Crippen LogP) is 0.727. The van der Waals surface area contributed by atoms with E-state index in [0.29, 0.717) is 12.5 Å². The Morgan fingerprint density at radius 3 is 3.08 bits per heavy atom. The van der Waals surface area contributed by atoms with E-state index in [4.69, 9.17) is 9.84 Å². The number of hydrogen-bond donors (Lipinski definition) is 1. The zero-order chi connectivity index (χ0) is 9.52. The molecule has 1 rings (SSSR count). The fraction of sp³-hybridized carbons (Fsp3) is 1.00. The monoisotopic (exact) mass is 187 g/mol. The number of likely N-dealkylation sites (tertiary alicyclic amines) is 1. The van der Waals surface area contributed by atoms with Crippen molar-refractivity contribution in [1.29, 1.82) is 0 Å². The van der Waals surface area contributed by atoms with Gasteiger partial charge >= 0.3 is 0 Å². The third-order valence-corrected chi connectivity index (χ3v) is 2.62. The van der Waals surface area contributed by atoms with Crippen LogP contribution in [0.4, 0.5) is 0 Å². The van der Waals surface area contributed by atoms with Gasteiger partial charge in [-0.05, 0) is 32.2 Å². The molecule has 0 spiro atoms. The van der Waals surface area contributed by atoms with Gasteiger partial charge in [-0.3, -0.25) is 0 Å². The molecule has 78 valence electrons. The smallest absolute Gasteiger partial charge is 0.0593 e. The lowest BCUT2D eigenvalue weighted by Gasteiger charge is -2.31. The summed E-state index contributed by atoms with van der Waals surface area (Å²) >= 11 is 0. The maximum absolute atomic E-state index is 9.02. The van der Waals surface area contributed by atoms with Crippen LogP contribution in [0.5, 0.6) is 0 Å². The molecule has 1 fully saturated rings. The van der Waals surface area contributed by atoms with Crippen LogP contribution in [0.1, 0.15) is 19.8 Å². The average molecular weight is 187 g/mol. The second kappa shape index (κ2) is 6.35. The summed E-state index contributed by atoms with van der Waals surface area (Å²) in [4.78, 5) is 2.39. The molecule has 1 atom stereocenters. The summed E-state index contributed by atoms with van der Waals surface area (Å²) in [7, 11) is 0. The van der Waals surface area contributed by atoms with Crippen LogP contribution in [0.3, 0.4) is 0 Å². The molecule has 1 N–H and O–H groups in total. The normalized spacial score (nSPS) is 24.9. The maximum Gasteiger partial charge on any atom is 0.0593 e. The largest absolute Gasteiger partial charge is 0.396 e. The van der Waals surface area contributed by atoms with Crippen molar-refractivity contribution < 1.29 is 9.84 Å². The SMILES string of the molecule is CCOCCN1CCCC(CO)C1. The van der Waals surface area contributed by atoms with Crippen molar-refractivity contribution in [2.45, 2.75) is 19.8 Å². The summed E-state index contributed by atoms with van der Waals surface area (Å²) in [6.07, 6.45) is 2.40. The number of rotatable bonds is 5. The van der Waals surface area contributed by atoms with Gasteiger partial charge in [0.05, 0.1) is 6.61 Å². The van der Waals surface area contributed by atoms with Crippen LogP contribution < -0.4 is 0 Å². The molecule has 1 saturated heterocycles. The maximum atomic E-state index is 9.02. The fourth-order valence-electron chi connectivity index (χ4n) is 1.84. The van der Waals surface area contributed by atoms with Crippen LogP contribution in [0.2, 0.25) is 0 Å². The lowest BCUT2D eigenvalue weighted by atomic mass is 9.99. The van der Waals surface area contributed by atoms with Crippen molar-refractivity contribution >= 4 is 0 Å². The summed E-state index contributed by atoms with van der Waals surface area (Å²) in [6, 6.07) is 0. The van der Waals surface area contributed by atoms with Crippen molar-refractivity contribution in [3.63, 3.8) is 0 Å². The Morgan fingerprint density at radius 1 is 1.54 bits per heavy atom. The molecule has 0 amide bonds. The first kappa shape index (κ1) is 11.0. The molecule has 0 bridgehead atoms. The third kappa shape index (κ3) is 4.07. The van der Waals surface area contributed by atoms with Crippen LogP contribution in [0, 0.1) is 5.92 Å². The van der Waals surface area contributed by atoms with Crippen LogP contribution in [-0.2, 0) is 4.74 Å². The number of nitrogens with zero attached hydrogens (tertiary/aromatic N) is 1. The van der Waals surface area contributed by atoms with Crippen molar-refractivity contribution in [3.05, 3.63) is 0 Å². The first-order valence-electron chi connectivity index (χ1n) is 5.27. The standard InChI is InChI=1S/C10H21NO2/c1-2-13-7-6-11-5-3-4-10(8-11)9-12/h10,12H,2-9H2,1H3. The van der Waals surface area contributed by atoms with E-state index < -0.39 is 0 Å². The molecular weight excluding hydrogens is 166 g/mol. The van der Waals surface area contributed by atoms with E-state index in [1.165, 1.54) is 19.4 Å². The summed E-state index contributed by atoms with van der Waals surface area (Å²) < 4.78 is 5.30. The molecule has 13 heavy (non-hydrogen) atoms. The van der Waals surface area contributed by atoms with Gasteiger partial charge < -0.3 is 14.7 Å². The minimum absolute atomic E-state index is 0.338. The van der Waals surface area contributed by atoms with Crippen LogP contribution in [-0.4, -0.2) is 49.5 Å². The second-order valence-electron chi connectivity index (χ2n) is 3.69. The molecule has 3 heteroatoms. The Morgan fingerprint density at radius 2 is 2.38 bits per heavy atom. The summed E-state index contributed by atoms with van der Waals surface area (Å²) in [6.45, 7) is 7.22. The summed E-state index contributed by atoms with van der Waals surface area (Å²) in [5.74, 6) is 0.496. The quantitative estimate of drug-likeness (QED) is 0.644. The van der Waals surface area contributed by atoms with E-state index in [-0.39, 0.29) is 0 Å². The minimum Gasteiger partial charge on any atom is -0.396 e. The average Bonchev–Trinajstić information content (AvgIpc) is 2.19. The second-order valence-corrected chi connectivity index (χ2v) is 3.69. The lowest BCUT2D eigenvalue weighted by molar-refractivity contribution is 0.0764. The Labute approximate surface area is 80.7 Å². The molecule has 0 aromatic heterocycles. The van der Waals surface area contributed by atoms with Gasteiger partial charge in [-0.25, -0.2) is 0 Å². The van der Waals surface area contributed by atoms with Gasteiger partial charge in [0, 0.05) is 26.3 Å². The van der Waals surface area contributed by atoms with Crippen molar-refractivity contribution in [2.24, 2.45) is 5.92 Å². The first-order valence-corrected chi connectivity index (χ1v) is 5.27. The number of aliphatic hydroxyl groups excluding tert-OH is 1. The van der Waals surface area contributed by atoms with Crippen molar-refractivity contribution in [3.8, 4) is 0 Å². The van der Waals surface area contributed by atoms with Crippen LogP contribution >= 0.6 is 0 Å². The summed E-state index contributed by atoms with van der Waals surface area (Å²) in [5.41, 5.74) is 0. The van der Waals surface area contributed by atoms with E-state index in [0.717, 1.165) is 26.3 Å². The molecule has 1 unspecified atom stereocenters. The van der Waals surface area contributed by atoms with Crippen LogP contribution in [0.25, 0.3) is 0 Å². The Bertz CT molecular complexity index is 130. The van der Waals surface area contributed by atoms with Crippen LogP contribution in [0.15, 0.2) is 0 Å². The van der Waals surface area contributed by atoms with Gasteiger partial charge in [0.1, 0.15) is 0 Å². The third-order valence-electron chi connectivity index (χ3n) is 2.62. The zero-order valence-electron chi connectivity index (χ0n) is 8.54. The molecule has 1 aliphatic heterocycles. The van der Waals surface area contributed by atoms with E-state index in [2.05, 4.69) is 4.90 Å². The van der Waals surface area contributed by atoms with Gasteiger partial charge in [-0.2, -0.15) is 0 Å². The van der Waals surface area contributed by atoms with E-state index in [1.54, 1.807) is 0 Å². The van der Waals surface area contributed by atoms with Gasteiger partial charge in [-0.15, -0.1) is 0 Å². The fourth-order valence-corrected chi connectivity index (χ4v) is 1.84. The first-order chi connectivity index (χ1) is 6.36. The number of piperidine rings is 1. The highest BCUT2D eigenvalue weighted by Gasteiger charge is 2.18. The molecule has 3 nitrogen and oxygen atoms in total. The van der Waals surface area contributed by atoms with Gasteiger partial charge in [0.15, 0.2) is 0 Å². The highest BCUT2D eigenvalue weighted by Crippen LogP contribution is 2.14. The Kier molecular flexibility index (Phi) is 5.35. The number of aliphatic hydroxyl groups is 1. The Balaban J connectivity index is 2.11. The highest BCUT2D eigenvalue weighted by atomic mass is 16.5. The molecule has 0 saturated carbocycles. The van der Waals surface area contributed by atoms with E-state index >= 15 is 0 Å². The number of ether oxygens (including phenoxy) is 1. The minimum atomic E-state index is 0.338. The molecule has 1 heterocycles. The van der Waals surface area contributed by atoms with E-state index in [9.17, 15) is 0 Å². The van der Waals surface area contributed by atoms with Crippen molar-refractivity contribution in [1.82, 2.24) is 4.90 Å². The zero-order valence-corrected chi connectivity index (χ0v) is 8.54. The molecule has 0 aliphatic carbocycles. The predicted molar refractivity (Wildman–Crippen MR) is 52.7 cm³/mol. The van der Waals surface area contributed by atoms with Gasteiger partial charge in [-0.1, -0.05) is 0 Å². The molecule has 0 aromatic rings. The summed E-state index contributed by atoms with van der Waals surface area (Å²) in [5, 5.41) is 9.02. The number of hydrogen-bond acceptors (Lipinski definition) is 3. The molecule has 1 aliphatic rings. The van der Waals surface area contributed by atoms with Gasteiger partial charge in [0.25, 0.3) is 0 Å². The molecule has 0 radical (unpaired) electrons. The Hall–Kier alpha value is -0.120. The van der Waals surface area contributed by atoms with Crippen molar-refractivity contribution in [2.75, 3.05) is 39.5 Å². The molecular formula is C10H21NO2. The van der Waals surface area contributed by atoms with Gasteiger partial charge in [0.2, 0.25) is 0 Å².